The molecule has 0 spiro atoms. The van der Waals surface area contributed by atoms with E-state index in [2.05, 4.69) is 32.9 Å². The fourth-order valence-electron chi connectivity index (χ4n) is 8.28. The number of hydrogen-bond donors (Lipinski definition) is 0. The van der Waals surface area contributed by atoms with Crippen molar-refractivity contribution in [1.82, 2.24) is 0 Å². The number of hydrogen-bond acceptors (Lipinski definition) is 2. The Bertz CT molecular complexity index is 595. The Balaban J connectivity index is 1.52. The molecular formula is C25H40O2. The normalized spacial score (nSPS) is 46.9. The topological polar surface area (TPSA) is 26.3 Å². The van der Waals surface area contributed by atoms with Gasteiger partial charge in [0.1, 0.15) is 0 Å². The summed E-state index contributed by atoms with van der Waals surface area (Å²) in [5, 5.41) is 0. The van der Waals surface area contributed by atoms with Crippen LogP contribution in [0.25, 0.3) is 0 Å². The van der Waals surface area contributed by atoms with Crippen molar-refractivity contribution in [1.29, 1.82) is 0 Å². The fraction of sp³-hybridized carbons (Fsp3) is 0.880. The van der Waals surface area contributed by atoms with Crippen molar-refractivity contribution >= 4 is 5.97 Å². The predicted octanol–water partition coefficient (Wildman–Crippen LogP) is 6.40. The standard InChI is InChI=1S/C25H40O2/c1-17(8-13-23(26)27-4)20-11-12-21-19-10-9-18-7-5-6-15-24(18,2)22(19)14-16-25(20,21)3/h9-10,17-22H,5-8,11-16H2,1-4H3/t17-,18+,19+,20-,21+,22+,24+,25-/m1/s1. The van der Waals surface area contributed by atoms with E-state index >= 15 is 0 Å². The fourth-order valence-corrected chi connectivity index (χ4v) is 8.28. The molecule has 0 aromatic carbocycles. The molecule has 2 nitrogen and oxygen atoms in total. The molecule has 0 aromatic heterocycles. The highest BCUT2D eigenvalue weighted by Gasteiger charge is 2.58. The summed E-state index contributed by atoms with van der Waals surface area (Å²) in [6.45, 7) is 7.62. The van der Waals surface area contributed by atoms with Gasteiger partial charge in [-0.3, -0.25) is 4.79 Å². The third-order valence-electron chi connectivity index (χ3n) is 9.86. The monoisotopic (exact) mass is 372 g/mol. The first kappa shape index (κ1) is 19.5. The zero-order chi connectivity index (χ0) is 19.2. The second kappa shape index (κ2) is 7.23. The quantitative estimate of drug-likeness (QED) is 0.421. The van der Waals surface area contributed by atoms with Gasteiger partial charge in [0.15, 0.2) is 0 Å². The van der Waals surface area contributed by atoms with E-state index < -0.39 is 0 Å². The Morgan fingerprint density at radius 1 is 1.04 bits per heavy atom. The minimum Gasteiger partial charge on any atom is -0.469 e. The lowest BCUT2D eigenvalue weighted by atomic mass is 9.46. The predicted molar refractivity (Wildman–Crippen MR) is 110 cm³/mol. The zero-order valence-electron chi connectivity index (χ0n) is 18.0. The maximum absolute atomic E-state index is 11.6. The highest BCUT2D eigenvalue weighted by atomic mass is 16.5. The third-order valence-corrected chi connectivity index (χ3v) is 9.86. The molecule has 0 amide bonds. The smallest absolute Gasteiger partial charge is 0.305 e. The molecule has 0 radical (unpaired) electrons. The second-order valence-corrected chi connectivity index (χ2v) is 10.9. The van der Waals surface area contributed by atoms with Crippen LogP contribution in [-0.4, -0.2) is 13.1 Å². The molecule has 27 heavy (non-hydrogen) atoms. The summed E-state index contributed by atoms with van der Waals surface area (Å²) in [6.07, 6.45) is 18.2. The molecule has 4 rings (SSSR count). The lowest BCUT2D eigenvalue weighted by Crippen LogP contribution is -2.51. The van der Waals surface area contributed by atoms with Crippen molar-refractivity contribution in [3.05, 3.63) is 12.2 Å². The Labute approximate surface area is 166 Å². The average molecular weight is 373 g/mol. The van der Waals surface area contributed by atoms with Crippen LogP contribution in [0, 0.1) is 46.3 Å². The van der Waals surface area contributed by atoms with Crippen LogP contribution in [0.4, 0.5) is 0 Å². The Kier molecular flexibility index (Phi) is 5.23. The number of allylic oxidation sites excluding steroid dienone is 2. The van der Waals surface area contributed by atoms with Gasteiger partial charge in [0.2, 0.25) is 0 Å². The molecule has 0 unspecified atom stereocenters. The van der Waals surface area contributed by atoms with E-state index in [0.717, 1.165) is 36.0 Å². The van der Waals surface area contributed by atoms with Crippen LogP contribution >= 0.6 is 0 Å². The van der Waals surface area contributed by atoms with Crippen LogP contribution in [0.15, 0.2) is 12.2 Å². The molecule has 3 saturated carbocycles. The number of methoxy groups -OCH3 is 1. The first-order valence-corrected chi connectivity index (χ1v) is 11.7. The molecule has 0 aromatic rings. The summed E-state index contributed by atoms with van der Waals surface area (Å²) in [5.74, 6) is 4.78. The number of carbonyl (C=O) groups excluding carboxylic acids is 1. The average Bonchev–Trinajstić information content (AvgIpc) is 3.02. The van der Waals surface area contributed by atoms with Gasteiger partial charge in [-0.1, -0.05) is 45.8 Å². The molecule has 3 fully saturated rings. The number of carbonyl (C=O) groups is 1. The van der Waals surface area contributed by atoms with E-state index in [1.807, 2.05) is 0 Å². The summed E-state index contributed by atoms with van der Waals surface area (Å²) in [5.41, 5.74) is 1.03. The molecule has 0 bridgehead atoms. The molecule has 4 aliphatic rings. The van der Waals surface area contributed by atoms with Crippen molar-refractivity contribution in [3.8, 4) is 0 Å². The Morgan fingerprint density at radius 3 is 2.59 bits per heavy atom. The number of rotatable bonds is 4. The number of esters is 1. The molecule has 0 aliphatic heterocycles. The zero-order valence-corrected chi connectivity index (χ0v) is 18.0. The van der Waals surface area contributed by atoms with Crippen LogP contribution in [0.3, 0.4) is 0 Å². The third kappa shape index (κ3) is 3.10. The van der Waals surface area contributed by atoms with Crippen molar-refractivity contribution in [2.24, 2.45) is 46.3 Å². The van der Waals surface area contributed by atoms with E-state index in [9.17, 15) is 4.79 Å². The van der Waals surface area contributed by atoms with Gasteiger partial charge in [-0.2, -0.15) is 0 Å². The summed E-state index contributed by atoms with van der Waals surface area (Å²) < 4.78 is 4.88. The number of fused-ring (bicyclic) bond motifs is 5. The molecular weight excluding hydrogens is 332 g/mol. The van der Waals surface area contributed by atoms with Crippen molar-refractivity contribution in [2.45, 2.75) is 85.0 Å². The molecule has 4 aliphatic carbocycles. The van der Waals surface area contributed by atoms with Gasteiger partial charge >= 0.3 is 5.97 Å². The molecule has 152 valence electrons. The van der Waals surface area contributed by atoms with Gasteiger partial charge in [-0.05, 0) is 91.3 Å². The first-order chi connectivity index (χ1) is 12.9. The van der Waals surface area contributed by atoms with Crippen molar-refractivity contribution in [3.63, 3.8) is 0 Å². The van der Waals surface area contributed by atoms with Crippen LogP contribution in [0.1, 0.15) is 85.0 Å². The molecule has 0 N–H and O–H groups in total. The minimum atomic E-state index is -0.0447. The van der Waals surface area contributed by atoms with E-state index in [0.29, 0.717) is 23.2 Å². The Hall–Kier alpha value is -0.790. The van der Waals surface area contributed by atoms with Crippen molar-refractivity contribution < 1.29 is 9.53 Å². The molecule has 8 atom stereocenters. The minimum absolute atomic E-state index is 0.0447. The van der Waals surface area contributed by atoms with Crippen LogP contribution in [0.2, 0.25) is 0 Å². The molecule has 0 heterocycles. The SMILES string of the molecule is COC(=O)CC[C@@H](C)[C@H]1CC[C@H]2[C@@H]3C=C[C@@H]4CCCC[C@]4(C)[C@H]3CC[C@]12C. The van der Waals surface area contributed by atoms with E-state index in [1.54, 1.807) is 0 Å². The number of ether oxygens (including phenoxy) is 1. The van der Waals surface area contributed by atoms with E-state index in [-0.39, 0.29) is 5.97 Å². The van der Waals surface area contributed by atoms with Gasteiger partial charge in [0.25, 0.3) is 0 Å². The van der Waals surface area contributed by atoms with Crippen LogP contribution in [0.5, 0.6) is 0 Å². The lowest BCUT2D eigenvalue weighted by Gasteiger charge is -2.58. The largest absolute Gasteiger partial charge is 0.469 e. The van der Waals surface area contributed by atoms with Crippen LogP contribution < -0.4 is 0 Å². The Morgan fingerprint density at radius 2 is 1.81 bits per heavy atom. The highest BCUT2D eigenvalue weighted by Crippen LogP contribution is 2.66. The van der Waals surface area contributed by atoms with Crippen LogP contribution in [-0.2, 0) is 9.53 Å². The maximum atomic E-state index is 11.6. The first-order valence-electron chi connectivity index (χ1n) is 11.7. The highest BCUT2D eigenvalue weighted by molar-refractivity contribution is 5.69. The molecule has 0 saturated heterocycles. The summed E-state index contributed by atoms with van der Waals surface area (Å²) in [4.78, 5) is 11.6. The van der Waals surface area contributed by atoms with E-state index in [1.165, 1.54) is 58.5 Å². The van der Waals surface area contributed by atoms with Crippen molar-refractivity contribution in [2.75, 3.05) is 7.11 Å². The second-order valence-electron chi connectivity index (χ2n) is 10.9. The summed E-state index contributed by atoms with van der Waals surface area (Å²) >= 11 is 0. The van der Waals surface area contributed by atoms with Gasteiger partial charge in [0, 0.05) is 6.42 Å². The van der Waals surface area contributed by atoms with Gasteiger partial charge in [-0.15, -0.1) is 0 Å². The van der Waals surface area contributed by atoms with Gasteiger partial charge in [0.05, 0.1) is 7.11 Å². The summed E-state index contributed by atoms with van der Waals surface area (Å²) in [7, 11) is 1.51. The lowest BCUT2D eigenvalue weighted by molar-refractivity contribution is -0.141. The molecule has 2 heteroatoms. The summed E-state index contributed by atoms with van der Waals surface area (Å²) in [6, 6.07) is 0. The maximum Gasteiger partial charge on any atom is 0.305 e. The van der Waals surface area contributed by atoms with Gasteiger partial charge in [-0.25, -0.2) is 0 Å². The van der Waals surface area contributed by atoms with Gasteiger partial charge < -0.3 is 4.74 Å². The van der Waals surface area contributed by atoms with E-state index in [4.69, 9.17) is 4.74 Å².